The van der Waals surface area contributed by atoms with Crippen molar-refractivity contribution >= 4 is 5.91 Å². The summed E-state index contributed by atoms with van der Waals surface area (Å²) >= 11 is 0. The Labute approximate surface area is 142 Å². The molecular formula is C18H24N2O4. The summed E-state index contributed by atoms with van der Waals surface area (Å²) in [5.41, 5.74) is 0.579. The topological polar surface area (TPSA) is 72.7 Å². The summed E-state index contributed by atoms with van der Waals surface area (Å²) in [6, 6.07) is 9.10. The van der Waals surface area contributed by atoms with Crippen LogP contribution in [0.1, 0.15) is 31.1 Å². The van der Waals surface area contributed by atoms with E-state index < -0.39 is 6.10 Å². The van der Waals surface area contributed by atoms with Crippen LogP contribution >= 0.6 is 0 Å². The van der Waals surface area contributed by atoms with Gasteiger partial charge in [-0.15, -0.1) is 0 Å². The summed E-state index contributed by atoms with van der Waals surface area (Å²) in [6.07, 6.45) is 3.32. The van der Waals surface area contributed by atoms with Crippen molar-refractivity contribution in [2.75, 3.05) is 20.8 Å². The summed E-state index contributed by atoms with van der Waals surface area (Å²) in [6.45, 7) is 2.09. The van der Waals surface area contributed by atoms with Crippen LogP contribution in [0.2, 0.25) is 0 Å². The van der Waals surface area contributed by atoms with Crippen LogP contribution in [-0.4, -0.2) is 36.3 Å². The molecule has 2 rings (SSSR count). The number of carbonyl (C=O) groups is 1. The molecule has 130 valence electrons. The van der Waals surface area contributed by atoms with E-state index in [0.29, 0.717) is 23.5 Å². The summed E-state index contributed by atoms with van der Waals surface area (Å²) < 4.78 is 12.4. The molecule has 0 fully saturated rings. The Bertz CT molecular complexity index is 655. The molecule has 0 bridgehead atoms. The Morgan fingerprint density at radius 2 is 1.96 bits per heavy atom. The third kappa shape index (κ3) is 4.52. The maximum Gasteiger partial charge on any atom is 0.222 e. The Morgan fingerprint density at radius 1 is 1.25 bits per heavy atom. The van der Waals surface area contributed by atoms with Crippen molar-refractivity contribution in [1.82, 2.24) is 9.88 Å². The van der Waals surface area contributed by atoms with Crippen molar-refractivity contribution in [2.45, 2.75) is 25.5 Å². The first-order valence-electron chi connectivity index (χ1n) is 7.84. The Hall–Kier alpha value is -2.47. The number of rotatable bonds is 8. The number of hydrogen-bond donors (Lipinski definition) is 2. The fourth-order valence-electron chi connectivity index (χ4n) is 2.51. The van der Waals surface area contributed by atoms with Crippen molar-refractivity contribution in [3.63, 3.8) is 0 Å². The fraction of sp³-hybridized carbons (Fsp3) is 0.389. The van der Waals surface area contributed by atoms with Gasteiger partial charge < -0.3 is 24.5 Å². The highest BCUT2D eigenvalue weighted by Gasteiger charge is 2.17. The standard InChI is InChI=1S/C18H24N2O4/c1-13(20-8-4-5-9-20)10-18(22)19-12-16(21)15-11-14(23-2)6-7-17(15)24-3/h4-9,11,13,16,21H,10,12H2,1-3H3,(H,19,22)/t13-,16-/m0/s1. The largest absolute Gasteiger partial charge is 0.497 e. The maximum absolute atomic E-state index is 12.1. The summed E-state index contributed by atoms with van der Waals surface area (Å²) in [4.78, 5) is 12.1. The van der Waals surface area contributed by atoms with Gasteiger partial charge in [0, 0.05) is 37.0 Å². The number of methoxy groups -OCH3 is 2. The maximum atomic E-state index is 12.1. The normalized spacial score (nSPS) is 13.2. The van der Waals surface area contributed by atoms with E-state index in [1.807, 2.05) is 36.0 Å². The van der Waals surface area contributed by atoms with Gasteiger partial charge in [-0.1, -0.05) is 0 Å². The van der Waals surface area contributed by atoms with Gasteiger partial charge in [-0.05, 0) is 37.3 Å². The second-order valence-electron chi connectivity index (χ2n) is 5.61. The second kappa shape index (κ2) is 8.40. The number of carbonyl (C=O) groups excluding carboxylic acids is 1. The number of nitrogens with zero attached hydrogens (tertiary/aromatic N) is 1. The summed E-state index contributed by atoms with van der Waals surface area (Å²) in [5, 5.41) is 13.1. The number of aliphatic hydroxyl groups is 1. The van der Waals surface area contributed by atoms with E-state index in [1.165, 1.54) is 7.11 Å². The molecule has 1 aromatic carbocycles. The number of aromatic nitrogens is 1. The number of aliphatic hydroxyl groups excluding tert-OH is 1. The lowest BCUT2D eigenvalue weighted by molar-refractivity contribution is -0.122. The molecule has 0 saturated carbocycles. The van der Waals surface area contributed by atoms with Crippen LogP contribution in [0.3, 0.4) is 0 Å². The molecule has 0 aliphatic carbocycles. The second-order valence-corrected chi connectivity index (χ2v) is 5.61. The van der Waals surface area contributed by atoms with E-state index in [0.717, 1.165) is 0 Å². The van der Waals surface area contributed by atoms with Gasteiger partial charge in [0.25, 0.3) is 0 Å². The van der Waals surface area contributed by atoms with Gasteiger partial charge in [0.1, 0.15) is 11.5 Å². The van der Waals surface area contributed by atoms with E-state index in [2.05, 4.69) is 5.32 Å². The first-order chi connectivity index (χ1) is 11.5. The molecule has 0 radical (unpaired) electrons. The van der Waals surface area contributed by atoms with E-state index in [4.69, 9.17) is 9.47 Å². The van der Waals surface area contributed by atoms with Crippen LogP contribution in [0.4, 0.5) is 0 Å². The van der Waals surface area contributed by atoms with E-state index >= 15 is 0 Å². The molecule has 6 heteroatoms. The first-order valence-corrected chi connectivity index (χ1v) is 7.84. The molecule has 0 aliphatic rings. The van der Waals surface area contributed by atoms with Gasteiger partial charge >= 0.3 is 0 Å². The van der Waals surface area contributed by atoms with E-state index in [-0.39, 0.29) is 18.5 Å². The summed E-state index contributed by atoms with van der Waals surface area (Å²) in [5.74, 6) is 1.06. The van der Waals surface area contributed by atoms with Gasteiger partial charge in [-0.25, -0.2) is 0 Å². The van der Waals surface area contributed by atoms with Crippen LogP contribution in [-0.2, 0) is 4.79 Å². The highest BCUT2D eigenvalue weighted by molar-refractivity contribution is 5.76. The third-order valence-electron chi connectivity index (χ3n) is 3.91. The van der Waals surface area contributed by atoms with Gasteiger partial charge in [0.2, 0.25) is 5.91 Å². The minimum atomic E-state index is -0.874. The number of hydrogen-bond acceptors (Lipinski definition) is 4. The number of nitrogens with one attached hydrogen (secondary N) is 1. The average molecular weight is 332 g/mol. The Balaban J connectivity index is 1.92. The predicted octanol–water partition coefficient (Wildman–Crippen LogP) is 2.31. The highest BCUT2D eigenvalue weighted by atomic mass is 16.5. The molecule has 0 saturated heterocycles. The van der Waals surface area contributed by atoms with E-state index in [9.17, 15) is 9.90 Å². The molecule has 2 aromatic rings. The number of ether oxygens (including phenoxy) is 2. The minimum absolute atomic E-state index is 0.0588. The van der Waals surface area contributed by atoms with Crippen LogP contribution in [0.15, 0.2) is 42.7 Å². The van der Waals surface area contributed by atoms with Crippen LogP contribution < -0.4 is 14.8 Å². The molecule has 24 heavy (non-hydrogen) atoms. The van der Waals surface area contributed by atoms with Gasteiger partial charge in [-0.3, -0.25) is 4.79 Å². The van der Waals surface area contributed by atoms with Crippen LogP contribution in [0.5, 0.6) is 11.5 Å². The SMILES string of the molecule is COc1ccc(OC)c([C@@H](O)CNC(=O)C[C@H](C)n2cccc2)c1. The van der Waals surface area contributed by atoms with Gasteiger partial charge in [0.15, 0.2) is 0 Å². The molecule has 0 unspecified atom stereocenters. The molecule has 2 atom stereocenters. The van der Waals surface area contributed by atoms with Crippen molar-refractivity contribution in [3.05, 3.63) is 48.3 Å². The van der Waals surface area contributed by atoms with Gasteiger partial charge in [0.05, 0.1) is 20.3 Å². The lowest BCUT2D eigenvalue weighted by atomic mass is 10.1. The molecule has 2 N–H and O–H groups in total. The van der Waals surface area contributed by atoms with Crippen molar-refractivity contribution in [3.8, 4) is 11.5 Å². The Morgan fingerprint density at radius 3 is 2.58 bits per heavy atom. The van der Waals surface area contributed by atoms with E-state index in [1.54, 1.807) is 25.3 Å². The molecule has 1 amide bonds. The number of benzene rings is 1. The molecule has 0 aliphatic heterocycles. The predicted molar refractivity (Wildman–Crippen MR) is 91.3 cm³/mol. The zero-order valence-electron chi connectivity index (χ0n) is 14.2. The monoisotopic (exact) mass is 332 g/mol. The molecule has 1 heterocycles. The molecule has 6 nitrogen and oxygen atoms in total. The molecule has 0 spiro atoms. The minimum Gasteiger partial charge on any atom is -0.497 e. The Kier molecular flexibility index (Phi) is 6.26. The first kappa shape index (κ1) is 17.9. The zero-order valence-corrected chi connectivity index (χ0v) is 14.2. The fourth-order valence-corrected chi connectivity index (χ4v) is 2.51. The quantitative estimate of drug-likeness (QED) is 0.778. The summed E-state index contributed by atoms with van der Waals surface area (Å²) in [7, 11) is 3.09. The van der Waals surface area contributed by atoms with Crippen molar-refractivity contribution in [2.24, 2.45) is 0 Å². The third-order valence-corrected chi connectivity index (χ3v) is 3.91. The lowest BCUT2D eigenvalue weighted by Gasteiger charge is -2.18. The van der Waals surface area contributed by atoms with Gasteiger partial charge in [-0.2, -0.15) is 0 Å². The van der Waals surface area contributed by atoms with Crippen LogP contribution in [0, 0.1) is 0 Å². The molecular weight excluding hydrogens is 308 g/mol. The van der Waals surface area contributed by atoms with Crippen molar-refractivity contribution in [1.29, 1.82) is 0 Å². The van der Waals surface area contributed by atoms with Crippen LogP contribution in [0.25, 0.3) is 0 Å². The average Bonchev–Trinajstić information content (AvgIpc) is 3.13. The molecule has 1 aromatic heterocycles. The zero-order chi connectivity index (χ0) is 17.5. The number of amides is 1. The lowest BCUT2D eigenvalue weighted by Crippen LogP contribution is -2.30. The smallest absolute Gasteiger partial charge is 0.222 e. The highest BCUT2D eigenvalue weighted by Crippen LogP contribution is 2.29. The van der Waals surface area contributed by atoms with Crippen molar-refractivity contribution < 1.29 is 19.4 Å².